The second-order valence-corrected chi connectivity index (χ2v) is 6.45. The fraction of sp³-hybridized carbons (Fsp3) is 0.667. The Bertz CT molecular complexity index is 501. The molecule has 2 atom stereocenters. The highest BCUT2D eigenvalue weighted by Crippen LogP contribution is 2.19. The van der Waals surface area contributed by atoms with E-state index in [0.29, 0.717) is 12.1 Å². The molecule has 0 aromatic carbocycles. The van der Waals surface area contributed by atoms with E-state index >= 15 is 0 Å². The average molecular weight is 293 g/mol. The Kier molecular flexibility index (Phi) is 4.70. The van der Waals surface area contributed by atoms with Gasteiger partial charge in [0, 0.05) is 36.8 Å². The maximum Gasteiger partial charge on any atom is 0.193 e. The molecule has 5 heteroatoms. The van der Waals surface area contributed by atoms with Gasteiger partial charge in [0.1, 0.15) is 0 Å². The molecule has 2 aromatic heterocycles. The number of hydrogen-bond donors (Lipinski definition) is 1. The van der Waals surface area contributed by atoms with Gasteiger partial charge < -0.3 is 10.1 Å². The molecule has 0 bridgehead atoms. The number of hydrogen-bond acceptors (Lipinski definition) is 4. The van der Waals surface area contributed by atoms with E-state index in [1.54, 1.807) is 11.3 Å². The van der Waals surface area contributed by atoms with Gasteiger partial charge in [0.05, 0.1) is 11.8 Å². The fourth-order valence-electron chi connectivity index (χ4n) is 2.90. The van der Waals surface area contributed by atoms with Crippen LogP contribution in [0, 0.1) is 0 Å². The number of nitrogens with one attached hydrogen (secondary N) is 1. The smallest absolute Gasteiger partial charge is 0.193 e. The number of aromatic nitrogens is 2. The number of imidazole rings is 1. The molecule has 0 spiro atoms. The van der Waals surface area contributed by atoms with Crippen LogP contribution in [-0.2, 0) is 11.2 Å². The van der Waals surface area contributed by atoms with Crippen LogP contribution >= 0.6 is 11.3 Å². The molecule has 2 unspecified atom stereocenters. The van der Waals surface area contributed by atoms with Gasteiger partial charge in [-0.1, -0.05) is 0 Å². The highest BCUT2D eigenvalue weighted by molar-refractivity contribution is 7.15. The van der Waals surface area contributed by atoms with Crippen molar-refractivity contribution in [2.75, 3.05) is 13.7 Å². The molecule has 1 aliphatic heterocycles. The molecule has 0 radical (unpaired) electrons. The van der Waals surface area contributed by atoms with Crippen molar-refractivity contribution >= 4 is 16.3 Å². The Labute approximate surface area is 124 Å². The summed E-state index contributed by atoms with van der Waals surface area (Å²) in [5, 5.41) is 5.50. The average Bonchev–Trinajstić information content (AvgIpc) is 3.05. The third kappa shape index (κ3) is 3.40. The maximum absolute atomic E-state index is 5.81. The predicted molar refractivity (Wildman–Crippen MR) is 82.4 cm³/mol. The summed E-state index contributed by atoms with van der Waals surface area (Å²) in [6.07, 6.45) is 11.8. The molecule has 20 heavy (non-hydrogen) atoms. The second kappa shape index (κ2) is 6.70. The van der Waals surface area contributed by atoms with Gasteiger partial charge in [-0.15, -0.1) is 11.3 Å². The summed E-state index contributed by atoms with van der Waals surface area (Å²) in [5.41, 5.74) is 1.18. The fourth-order valence-corrected chi connectivity index (χ4v) is 3.62. The summed E-state index contributed by atoms with van der Waals surface area (Å²) < 4.78 is 7.92. The SMILES string of the molecule is CNC(CCC1CCCCO1)Cc1cn2ccsc2n1. The van der Waals surface area contributed by atoms with Gasteiger partial charge in [-0.2, -0.15) is 0 Å². The van der Waals surface area contributed by atoms with Crippen LogP contribution in [0.3, 0.4) is 0 Å². The van der Waals surface area contributed by atoms with E-state index in [9.17, 15) is 0 Å². The highest BCUT2D eigenvalue weighted by Gasteiger charge is 2.17. The summed E-state index contributed by atoms with van der Waals surface area (Å²) >= 11 is 1.69. The molecule has 0 amide bonds. The van der Waals surface area contributed by atoms with Crippen LogP contribution in [-0.4, -0.2) is 35.2 Å². The van der Waals surface area contributed by atoms with E-state index in [4.69, 9.17) is 4.74 Å². The Morgan fingerprint density at radius 2 is 2.50 bits per heavy atom. The number of rotatable bonds is 6. The van der Waals surface area contributed by atoms with Gasteiger partial charge in [0.15, 0.2) is 4.96 Å². The van der Waals surface area contributed by atoms with Crippen molar-refractivity contribution in [3.63, 3.8) is 0 Å². The van der Waals surface area contributed by atoms with Crippen molar-refractivity contribution < 1.29 is 4.74 Å². The Balaban J connectivity index is 1.52. The third-order valence-corrected chi connectivity index (χ3v) is 4.89. The van der Waals surface area contributed by atoms with Gasteiger partial charge in [-0.3, -0.25) is 4.40 Å². The summed E-state index contributed by atoms with van der Waals surface area (Å²) in [6, 6.07) is 0.491. The summed E-state index contributed by atoms with van der Waals surface area (Å²) in [4.78, 5) is 5.75. The minimum Gasteiger partial charge on any atom is -0.378 e. The monoisotopic (exact) mass is 293 g/mol. The molecular weight excluding hydrogens is 270 g/mol. The minimum atomic E-state index is 0.477. The maximum atomic E-state index is 5.81. The molecule has 1 saturated heterocycles. The summed E-state index contributed by atoms with van der Waals surface area (Å²) in [7, 11) is 2.05. The number of likely N-dealkylation sites (N-methyl/N-ethyl adjacent to an activating group) is 1. The van der Waals surface area contributed by atoms with Crippen LogP contribution in [0.15, 0.2) is 17.8 Å². The molecule has 1 N–H and O–H groups in total. The van der Waals surface area contributed by atoms with Crippen LogP contribution in [0.4, 0.5) is 0 Å². The largest absolute Gasteiger partial charge is 0.378 e. The lowest BCUT2D eigenvalue weighted by Crippen LogP contribution is -2.30. The van der Waals surface area contributed by atoms with E-state index in [0.717, 1.165) is 30.8 Å². The van der Waals surface area contributed by atoms with E-state index in [2.05, 4.69) is 32.5 Å². The van der Waals surface area contributed by atoms with E-state index in [1.807, 2.05) is 7.05 Å². The summed E-state index contributed by atoms with van der Waals surface area (Å²) in [6.45, 7) is 0.951. The quantitative estimate of drug-likeness (QED) is 0.890. The lowest BCUT2D eigenvalue weighted by molar-refractivity contribution is 0.00869. The van der Waals surface area contributed by atoms with Crippen molar-refractivity contribution in [3.05, 3.63) is 23.5 Å². The van der Waals surface area contributed by atoms with Crippen LogP contribution in [0.25, 0.3) is 4.96 Å². The number of nitrogens with zero attached hydrogens (tertiary/aromatic N) is 2. The van der Waals surface area contributed by atoms with E-state index in [1.165, 1.54) is 25.0 Å². The molecule has 110 valence electrons. The first kappa shape index (κ1) is 14.0. The van der Waals surface area contributed by atoms with Gasteiger partial charge in [0.25, 0.3) is 0 Å². The standard InChI is InChI=1S/C15H23N3OS/c1-16-12(5-6-14-4-2-3-8-19-14)10-13-11-18-7-9-20-15(18)17-13/h7,9,11-12,14,16H,2-6,8,10H2,1H3. The molecule has 0 aliphatic carbocycles. The van der Waals surface area contributed by atoms with Crippen LogP contribution in [0.5, 0.6) is 0 Å². The Morgan fingerprint density at radius 3 is 3.25 bits per heavy atom. The zero-order valence-corrected chi connectivity index (χ0v) is 12.9. The molecule has 0 saturated carbocycles. The van der Waals surface area contributed by atoms with Crippen molar-refractivity contribution in [1.29, 1.82) is 0 Å². The Hall–Kier alpha value is -0.910. The molecule has 4 nitrogen and oxygen atoms in total. The lowest BCUT2D eigenvalue weighted by Gasteiger charge is -2.24. The zero-order chi connectivity index (χ0) is 13.8. The van der Waals surface area contributed by atoms with Crippen molar-refractivity contribution in [1.82, 2.24) is 14.7 Å². The van der Waals surface area contributed by atoms with Gasteiger partial charge in [-0.05, 0) is 39.2 Å². The van der Waals surface area contributed by atoms with Crippen molar-refractivity contribution in [2.45, 2.75) is 50.7 Å². The van der Waals surface area contributed by atoms with E-state index in [-0.39, 0.29) is 0 Å². The van der Waals surface area contributed by atoms with Crippen LogP contribution in [0.1, 0.15) is 37.8 Å². The first-order valence-electron chi connectivity index (χ1n) is 7.55. The van der Waals surface area contributed by atoms with Crippen LogP contribution < -0.4 is 5.32 Å². The molecule has 1 aliphatic rings. The molecular formula is C15H23N3OS. The predicted octanol–water partition coefficient (Wildman–Crippen LogP) is 2.88. The second-order valence-electron chi connectivity index (χ2n) is 5.58. The lowest BCUT2D eigenvalue weighted by atomic mass is 9.99. The normalized spacial score (nSPS) is 21.4. The molecule has 3 heterocycles. The molecule has 2 aromatic rings. The molecule has 3 rings (SSSR count). The van der Waals surface area contributed by atoms with Gasteiger partial charge in [-0.25, -0.2) is 4.98 Å². The van der Waals surface area contributed by atoms with Crippen molar-refractivity contribution in [2.24, 2.45) is 0 Å². The van der Waals surface area contributed by atoms with E-state index < -0.39 is 0 Å². The highest BCUT2D eigenvalue weighted by atomic mass is 32.1. The van der Waals surface area contributed by atoms with Gasteiger partial charge in [0.2, 0.25) is 0 Å². The third-order valence-electron chi connectivity index (χ3n) is 4.12. The number of ether oxygens (including phenoxy) is 1. The summed E-state index contributed by atoms with van der Waals surface area (Å²) in [5.74, 6) is 0. The minimum absolute atomic E-state index is 0.477. The Morgan fingerprint density at radius 1 is 1.55 bits per heavy atom. The first-order chi connectivity index (χ1) is 9.85. The number of fused-ring (bicyclic) bond motifs is 1. The molecule has 1 fully saturated rings. The van der Waals surface area contributed by atoms with Crippen LogP contribution in [0.2, 0.25) is 0 Å². The number of thiazole rings is 1. The topological polar surface area (TPSA) is 38.6 Å². The zero-order valence-electron chi connectivity index (χ0n) is 12.0. The van der Waals surface area contributed by atoms with Gasteiger partial charge >= 0.3 is 0 Å². The van der Waals surface area contributed by atoms with Crippen molar-refractivity contribution in [3.8, 4) is 0 Å². The first-order valence-corrected chi connectivity index (χ1v) is 8.43.